The minimum absolute atomic E-state index is 0.169. The number of aryl methyl sites for hydroxylation is 2. The normalized spacial score (nSPS) is 13.8. The Hall–Kier alpha value is -1.98. The Bertz CT molecular complexity index is 824. The van der Waals surface area contributed by atoms with Crippen molar-refractivity contribution in [2.24, 2.45) is 0 Å². The van der Waals surface area contributed by atoms with Crippen molar-refractivity contribution in [1.82, 2.24) is 0 Å². The van der Waals surface area contributed by atoms with Gasteiger partial charge in [0.2, 0.25) is 0 Å². The highest BCUT2D eigenvalue weighted by Crippen LogP contribution is 2.27. The maximum absolute atomic E-state index is 12.1. The minimum Gasteiger partial charge on any atom is -0.452 e. The highest BCUT2D eigenvalue weighted by molar-refractivity contribution is 8.00. The summed E-state index contributed by atoms with van der Waals surface area (Å²) < 4.78 is 5.22. The Labute approximate surface area is 162 Å². The van der Waals surface area contributed by atoms with Crippen molar-refractivity contribution in [1.29, 1.82) is 0 Å². The summed E-state index contributed by atoms with van der Waals surface area (Å²) in [5.74, 6) is -0.658. The van der Waals surface area contributed by atoms with Crippen LogP contribution < -0.4 is 5.32 Å². The van der Waals surface area contributed by atoms with Crippen LogP contribution in [0.25, 0.3) is 0 Å². The Morgan fingerprint density at radius 2 is 1.96 bits per heavy atom. The lowest BCUT2D eigenvalue weighted by molar-refractivity contribution is -0.150. The van der Waals surface area contributed by atoms with Crippen molar-refractivity contribution in [3.63, 3.8) is 0 Å². The molecule has 0 spiro atoms. The molecule has 4 nitrogen and oxygen atoms in total. The summed E-state index contributed by atoms with van der Waals surface area (Å²) in [6.45, 7) is 1.55. The standard InChI is InChI=1S/C20H20ClNO3S/c1-13(20(24)22-18-8-3-2-7-17(18)21)25-19(23)12-26-16-10-9-14-5-4-6-15(14)11-16/h2-3,7-11,13H,4-6,12H2,1H3,(H,22,24)/t13-/m0/s1. The number of carbonyl (C=O) groups is 2. The predicted octanol–water partition coefficient (Wildman–Crippen LogP) is 4.49. The number of anilines is 1. The molecular weight excluding hydrogens is 370 g/mol. The van der Waals surface area contributed by atoms with E-state index >= 15 is 0 Å². The fraction of sp³-hybridized carbons (Fsp3) is 0.300. The summed E-state index contributed by atoms with van der Waals surface area (Å²) in [4.78, 5) is 25.2. The molecule has 1 N–H and O–H groups in total. The van der Waals surface area contributed by atoms with Crippen molar-refractivity contribution in [3.8, 4) is 0 Å². The van der Waals surface area contributed by atoms with Crippen LogP contribution in [0.3, 0.4) is 0 Å². The third-order valence-electron chi connectivity index (χ3n) is 4.24. The molecule has 3 rings (SSSR count). The van der Waals surface area contributed by atoms with Crippen LogP contribution in [0.15, 0.2) is 47.4 Å². The van der Waals surface area contributed by atoms with Crippen LogP contribution in [0.2, 0.25) is 5.02 Å². The number of thioether (sulfide) groups is 1. The number of ether oxygens (including phenoxy) is 1. The molecule has 0 bridgehead atoms. The summed E-state index contributed by atoms with van der Waals surface area (Å²) in [5.41, 5.74) is 3.27. The number of amides is 1. The number of nitrogens with one attached hydrogen (secondary N) is 1. The topological polar surface area (TPSA) is 55.4 Å². The number of hydrogen-bond donors (Lipinski definition) is 1. The largest absolute Gasteiger partial charge is 0.452 e. The van der Waals surface area contributed by atoms with Crippen molar-refractivity contribution >= 4 is 40.9 Å². The molecule has 0 saturated carbocycles. The number of halogens is 1. The lowest BCUT2D eigenvalue weighted by atomic mass is 10.1. The smallest absolute Gasteiger partial charge is 0.317 e. The average Bonchev–Trinajstić information content (AvgIpc) is 3.09. The number of benzene rings is 2. The molecule has 2 aromatic rings. The van der Waals surface area contributed by atoms with E-state index in [0.29, 0.717) is 10.7 Å². The Morgan fingerprint density at radius 3 is 2.77 bits per heavy atom. The zero-order chi connectivity index (χ0) is 18.5. The van der Waals surface area contributed by atoms with Gasteiger partial charge < -0.3 is 10.1 Å². The minimum atomic E-state index is -0.889. The van der Waals surface area contributed by atoms with Gasteiger partial charge in [0.05, 0.1) is 16.5 Å². The highest BCUT2D eigenvalue weighted by atomic mass is 35.5. The van der Waals surface area contributed by atoms with Crippen LogP contribution >= 0.6 is 23.4 Å². The zero-order valence-corrected chi connectivity index (χ0v) is 16.0. The van der Waals surface area contributed by atoms with Gasteiger partial charge in [0.25, 0.3) is 5.91 Å². The second-order valence-corrected chi connectivity index (χ2v) is 7.63. The van der Waals surface area contributed by atoms with Gasteiger partial charge in [-0.15, -0.1) is 11.8 Å². The van der Waals surface area contributed by atoms with E-state index in [1.165, 1.54) is 29.3 Å². The first-order valence-corrected chi connectivity index (χ1v) is 9.89. The first-order chi connectivity index (χ1) is 12.5. The van der Waals surface area contributed by atoms with Gasteiger partial charge in [0, 0.05) is 4.90 Å². The zero-order valence-electron chi connectivity index (χ0n) is 14.5. The Balaban J connectivity index is 1.48. The molecule has 0 aliphatic heterocycles. The molecule has 2 aromatic carbocycles. The molecule has 1 aliphatic carbocycles. The van der Waals surface area contributed by atoms with E-state index in [0.717, 1.165) is 17.7 Å². The summed E-state index contributed by atoms with van der Waals surface area (Å²) >= 11 is 7.44. The van der Waals surface area contributed by atoms with E-state index in [-0.39, 0.29) is 5.75 Å². The van der Waals surface area contributed by atoms with Gasteiger partial charge in [-0.05, 0) is 61.6 Å². The molecule has 0 saturated heterocycles. The van der Waals surface area contributed by atoms with Gasteiger partial charge in [-0.1, -0.05) is 29.8 Å². The monoisotopic (exact) mass is 389 g/mol. The van der Waals surface area contributed by atoms with E-state index in [4.69, 9.17) is 16.3 Å². The first kappa shape index (κ1) is 18.8. The number of hydrogen-bond acceptors (Lipinski definition) is 4. The fourth-order valence-electron chi connectivity index (χ4n) is 2.86. The number of fused-ring (bicyclic) bond motifs is 1. The van der Waals surface area contributed by atoms with Crippen molar-refractivity contribution in [3.05, 3.63) is 58.6 Å². The van der Waals surface area contributed by atoms with Gasteiger partial charge in [-0.2, -0.15) is 0 Å². The van der Waals surface area contributed by atoms with Crippen LogP contribution in [-0.2, 0) is 27.2 Å². The summed E-state index contributed by atoms with van der Waals surface area (Å²) in [7, 11) is 0. The van der Waals surface area contributed by atoms with E-state index in [2.05, 4.69) is 17.4 Å². The third-order valence-corrected chi connectivity index (χ3v) is 5.53. The van der Waals surface area contributed by atoms with Crippen molar-refractivity contribution in [2.45, 2.75) is 37.2 Å². The van der Waals surface area contributed by atoms with Gasteiger partial charge in [-0.25, -0.2) is 0 Å². The molecule has 1 atom stereocenters. The van der Waals surface area contributed by atoms with E-state index in [1.807, 2.05) is 6.07 Å². The fourth-order valence-corrected chi connectivity index (χ4v) is 3.79. The molecule has 0 unspecified atom stereocenters. The molecule has 0 fully saturated rings. The van der Waals surface area contributed by atoms with E-state index in [9.17, 15) is 9.59 Å². The second-order valence-electron chi connectivity index (χ2n) is 6.17. The Morgan fingerprint density at radius 1 is 1.19 bits per heavy atom. The molecular formula is C20H20ClNO3S. The summed E-state index contributed by atoms with van der Waals surface area (Å²) in [6, 6.07) is 13.2. The number of rotatable bonds is 6. The summed E-state index contributed by atoms with van der Waals surface area (Å²) in [6.07, 6.45) is 2.55. The first-order valence-electron chi connectivity index (χ1n) is 8.52. The lowest BCUT2D eigenvalue weighted by Gasteiger charge is -2.14. The molecule has 0 aromatic heterocycles. The van der Waals surface area contributed by atoms with Crippen LogP contribution in [0.5, 0.6) is 0 Å². The molecule has 6 heteroatoms. The maximum atomic E-state index is 12.1. The second kappa shape index (κ2) is 8.60. The highest BCUT2D eigenvalue weighted by Gasteiger charge is 2.19. The van der Waals surface area contributed by atoms with Crippen LogP contribution in [-0.4, -0.2) is 23.7 Å². The van der Waals surface area contributed by atoms with E-state index in [1.54, 1.807) is 31.2 Å². The molecule has 1 amide bonds. The van der Waals surface area contributed by atoms with Crippen LogP contribution in [0, 0.1) is 0 Å². The van der Waals surface area contributed by atoms with Gasteiger partial charge in [0.1, 0.15) is 0 Å². The van der Waals surface area contributed by atoms with Crippen LogP contribution in [0.4, 0.5) is 5.69 Å². The number of carbonyl (C=O) groups excluding carboxylic acids is 2. The van der Waals surface area contributed by atoms with Crippen LogP contribution in [0.1, 0.15) is 24.5 Å². The molecule has 0 radical (unpaired) electrons. The van der Waals surface area contributed by atoms with Crippen molar-refractivity contribution < 1.29 is 14.3 Å². The quantitative estimate of drug-likeness (QED) is 0.584. The third kappa shape index (κ3) is 4.80. The Kier molecular flexibility index (Phi) is 6.22. The number of esters is 1. The molecule has 26 heavy (non-hydrogen) atoms. The van der Waals surface area contributed by atoms with E-state index < -0.39 is 18.0 Å². The lowest BCUT2D eigenvalue weighted by Crippen LogP contribution is -2.30. The molecule has 136 valence electrons. The van der Waals surface area contributed by atoms with Crippen molar-refractivity contribution in [2.75, 3.05) is 11.1 Å². The number of para-hydroxylation sites is 1. The SMILES string of the molecule is C[C@H](OC(=O)CSc1ccc2c(c1)CCC2)C(=O)Nc1ccccc1Cl. The molecule has 0 heterocycles. The van der Waals surface area contributed by atoms with Gasteiger partial charge in [-0.3, -0.25) is 9.59 Å². The molecule has 1 aliphatic rings. The maximum Gasteiger partial charge on any atom is 0.317 e. The van der Waals surface area contributed by atoms with Gasteiger partial charge >= 0.3 is 5.97 Å². The average molecular weight is 390 g/mol. The predicted molar refractivity (Wildman–Crippen MR) is 105 cm³/mol. The van der Waals surface area contributed by atoms with Gasteiger partial charge in [0.15, 0.2) is 6.10 Å². The summed E-state index contributed by atoms with van der Waals surface area (Å²) in [5, 5.41) is 3.10.